The van der Waals surface area contributed by atoms with E-state index < -0.39 is 24.3 Å². The Morgan fingerprint density at radius 3 is 2.04 bits per heavy atom. The van der Waals surface area contributed by atoms with Gasteiger partial charge in [0.15, 0.2) is 6.61 Å². The van der Waals surface area contributed by atoms with Gasteiger partial charge in [-0.3, -0.25) is 0 Å². The zero-order valence-electron chi connectivity index (χ0n) is 14.0. The van der Waals surface area contributed by atoms with E-state index in [1.54, 1.807) is 24.3 Å². The normalized spacial score (nSPS) is 11.2. The Labute approximate surface area is 153 Å². The van der Waals surface area contributed by atoms with Gasteiger partial charge in [0.1, 0.15) is 5.75 Å². The summed E-state index contributed by atoms with van der Waals surface area (Å²) in [4.78, 5) is 10.7. The molecule has 3 nitrogen and oxygen atoms in total. The first-order valence-corrected chi connectivity index (χ1v) is 8.06. The first-order valence-electron chi connectivity index (χ1n) is 8.06. The van der Waals surface area contributed by atoms with Crippen molar-refractivity contribution in [1.82, 2.24) is 0 Å². The van der Waals surface area contributed by atoms with Crippen molar-refractivity contribution in [2.45, 2.75) is 6.18 Å². The molecule has 0 amide bonds. The average Bonchev–Trinajstić information content (AvgIpc) is 2.66. The Kier molecular flexibility index (Phi) is 5.16. The number of carboxylic acids is 1. The topological polar surface area (TPSA) is 46.5 Å². The number of aliphatic carboxylic acids is 1. The van der Waals surface area contributed by atoms with Crippen molar-refractivity contribution >= 4 is 5.97 Å². The molecule has 0 unspecified atom stereocenters. The summed E-state index contributed by atoms with van der Waals surface area (Å²) in [7, 11) is 0. The zero-order chi connectivity index (χ0) is 19.4. The second kappa shape index (κ2) is 7.53. The van der Waals surface area contributed by atoms with E-state index >= 15 is 0 Å². The molecule has 0 spiro atoms. The predicted molar refractivity (Wildman–Crippen MR) is 95.4 cm³/mol. The van der Waals surface area contributed by atoms with Gasteiger partial charge in [-0.05, 0) is 34.9 Å². The van der Waals surface area contributed by atoms with Gasteiger partial charge in [0.05, 0.1) is 5.56 Å². The lowest BCUT2D eigenvalue weighted by Gasteiger charge is -2.14. The largest absolute Gasteiger partial charge is 0.481 e. The van der Waals surface area contributed by atoms with Crippen molar-refractivity contribution in [1.29, 1.82) is 0 Å². The predicted octanol–water partition coefficient (Wildman–Crippen LogP) is 5.50. The first kappa shape index (κ1) is 18.5. The Hall–Kier alpha value is -3.28. The van der Waals surface area contributed by atoms with Crippen LogP contribution in [0.4, 0.5) is 13.2 Å². The van der Waals surface area contributed by atoms with Gasteiger partial charge >= 0.3 is 12.1 Å². The molecular formula is C21H15F3O3. The second-order valence-corrected chi connectivity index (χ2v) is 5.83. The lowest BCUT2D eigenvalue weighted by molar-refractivity contribution is -0.140. The molecular weight excluding hydrogens is 357 g/mol. The Balaban J connectivity index is 2.01. The number of alkyl halides is 3. The molecule has 138 valence electrons. The minimum atomic E-state index is -4.51. The van der Waals surface area contributed by atoms with Gasteiger partial charge in [-0.1, -0.05) is 54.6 Å². The zero-order valence-corrected chi connectivity index (χ0v) is 14.0. The molecule has 0 atom stereocenters. The van der Waals surface area contributed by atoms with Crippen molar-refractivity contribution in [3.8, 4) is 28.0 Å². The fraction of sp³-hybridized carbons (Fsp3) is 0.0952. The Morgan fingerprint density at radius 1 is 0.852 bits per heavy atom. The van der Waals surface area contributed by atoms with E-state index in [1.807, 2.05) is 30.3 Å². The highest BCUT2D eigenvalue weighted by Crippen LogP contribution is 2.37. The summed E-state index contributed by atoms with van der Waals surface area (Å²) < 4.78 is 44.4. The maximum absolute atomic E-state index is 13.1. The standard InChI is InChI=1S/C21H15F3O3/c22-21(23,24)17-10-11-19(27-13-20(25)26)18(12-17)16-8-6-15(7-9-16)14-4-2-1-3-5-14/h1-12H,13H2,(H,25,26). The van der Waals surface area contributed by atoms with Crippen molar-refractivity contribution in [2.75, 3.05) is 6.61 Å². The van der Waals surface area contributed by atoms with Crippen LogP contribution in [0, 0.1) is 0 Å². The van der Waals surface area contributed by atoms with Gasteiger partial charge < -0.3 is 9.84 Å². The number of carbonyl (C=O) groups is 1. The van der Waals surface area contributed by atoms with Crippen molar-refractivity contribution in [3.05, 3.63) is 78.4 Å². The molecule has 6 heteroatoms. The number of ether oxygens (including phenoxy) is 1. The van der Waals surface area contributed by atoms with Gasteiger partial charge in [-0.2, -0.15) is 13.2 Å². The molecule has 0 heterocycles. The number of hydrogen-bond donors (Lipinski definition) is 1. The number of hydrogen-bond acceptors (Lipinski definition) is 2. The highest BCUT2D eigenvalue weighted by Gasteiger charge is 2.31. The molecule has 0 aliphatic heterocycles. The Bertz CT molecular complexity index is 933. The number of rotatable bonds is 5. The third-order valence-corrected chi connectivity index (χ3v) is 3.96. The summed E-state index contributed by atoms with van der Waals surface area (Å²) in [6.45, 7) is -0.638. The lowest BCUT2D eigenvalue weighted by Crippen LogP contribution is -2.11. The van der Waals surface area contributed by atoms with Crippen molar-refractivity contribution in [2.24, 2.45) is 0 Å². The molecule has 1 N–H and O–H groups in total. The van der Waals surface area contributed by atoms with Crippen LogP contribution in [0.5, 0.6) is 5.75 Å². The molecule has 3 aromatic rings. The van der Waals surface area contributed by atoms with Crippen LogP contribution in [0.3, 0.4) is 0 Å². The van der Waals surface area contributed by atoms with Gasteiger partial charge in [0, 0.05) is 5.56 Å². The maximum Gasteiger partial charge on any atom is 0.416 e. The van der Waals surface area contributed by atoms with Crippen LogP contribution >= 0.6 is 0 Å². The van der Waals surface area contributed by atoms with Crippen LogP contribution in [0.1, 0.15) is 5.56 Å². The van der Waals surface area contributed by atoms with E-state index in [0.717, 1.165) is 29.3 Å². The molecule has 0 aliphatic carbocycles. The molecule has 0 aliphatic rings. The molecule has 0 aromatic heterocycles. The highest BCUT2D eigenvalue weighted by molar-refractivity contribution is 5.75. The summed E-state index contributed by atoms with van der Waals surface area (Å²) in [5.74, 6) is -1.13. The Morgan fingerprint density at radius 2 is 1.44 bits per heavy atom. The fourth-order valence-electron chi connectivity index (χ4n) is 2.67. The van der Waals surface area contributed by atoms with Crippen LogP contribution in [0.2, 0.25) is 0 Å². The van der Waals surface area contributed by atoms with Gasteiger partial charge in [-0.15, -0.1) is 0 Å². The molecule has 3 aromatic carbocycles. The minimum absolute atomic E-state index is 0.0814. The van der Waals surface area contributed by atoms with Crippen molar-refractivity contribution < 1.29 is 27.8 Å². The lowest BCUT2D eigenvalue weighted by atomic mass is 9.98. The molecule has 27 heavy (non-hydrogen) atoms. The van der Waals surface area contributed by atoms with E-state index in [0.29, 0.717) is 5.56 Å². The summed E-state index contributed by atoms with van der Waals surface area (Å²) in [6.07, 6.45) is -4.51. The molecule has 0 bridgehead atoms. The van der Waals surface area contributed by atoms with Gasteiger partial charge in [0.2, 0.25) is 0 Å². The van der Waals surface area contributed by atoms with Crippen LogP contribution < -0.4 is 4.74 Å². The minimum Gasteiger partial charge on any atom is -0.481 e. The van der Waals surface area contributed by atoms with Crippen LogP contribution in [0.15, 0.2) is 72.8 Å². The summed E-state index contributed by atoms with van der Waals surface area (Å²) in [6, 6.07) is 19.5. The molecule has 0 saturated carbocycles. The monoisotopic (exact) mass is 372 g/mol. The molecule has 0 fully saturated rings. The quantitative estimate of drug-likeness (QED) is 0.643. The van der Waals surface area contributed by atoms with Crippen LogP contribution in [-0.2, 0) is 11.0 Å². The number of carboxylic acid groups (broad SMARTS) is 1. The van der Waals surface area contributed by atoms with E-state index in [9.17, 15) is 18.0 Å². The molecule has 0 saturated heterocycles. The van der Waals surface area contributed by atoms with E-state index in [4.69, 9.17) is 9.84 Å². The molecule has 0 radical (unpaired) electrons. The fourth-order valence-corrected chi connectivity index (χ4v) is 2.67. The third-order valence-electron chi connectivity index (χ3n) is 3.96. The number of benzene rings is 3. The van der Waals surface area contributed by atoms with Gasteiger partial charge in [-0.25, -0.2) is 4.79 Å². The van der Waals surface area contributed by atoms with E-state index in [-0.39, 0.29) is 11.3 Å². The van der Waals surface area contributed by atoms with Crippen LogP contribution in [0.25, 0.3) is 22.3 Å². The van der Waals surface area contributed by atoms with Crippen LogP contribution in [-0.4, -0.2) is 17.7 Å². The summed E-state index contributed by atoms with van der Waals surface area (Å²) >= 11 is 0. The van der Waals surface area contributed by atoms with Crippen molar-refractivity contribution in [3.63, 3.8) is 0 Å². The van der Waals surface area contributed by atoms with Gasteiger partial charge in [0.25, 0.3) is 0 Å². The summed E-state index contributed by atoms with van der Waals surface area (Å²) in [5.41, 5.74) is 1.76. The maximum atomic E-state index is 13.1. The average molecular weight is 372 g/mol. The second-order valence-electron chi connectivity index (χ2n) is 5.83. The SMILES string of the molecule is O=C(O)COc1ccc(C(F)(F)F)cc1-c1ccc(-c2ccccc2)cc1. The third kappa shape index (κ3) is 4.47. The highest BCUT2D eigenvalue weighted by atomic mass is 19.4. The number of halogens is 3. The first-order chi connectivity index (χ1) is 12.8. The smallest absolute Gasteiger partial charge is 0.416 e. The van der Waals surface area contributed by atoms with E-state index in [2.05, 4.69) is 0 Å². The van der Waals surface area contributed by atoms with E-state index in [1.165, 1.54) is 0 Å². The molecule has 3 rings (SSSR count). The summed E-state index contributed by atoms with van der Waals surface area (Å²) in [5, 5.41) is 8.78.